The molecule has 1 aromatic rings. The highest BCUT2D eigenvalue weighted by atomic mass is 16.6. The Balaban J connectivity index is 1.91. The summed E-state index contributed by atoms with van der Waals surface area (Å²) in [4.78, 5) is 16.4. The Labute approximate surface area is 113 Å². The fourth-order valence-corrected chi connectivity index (χ4v) is 2.82. The van der Waals surface area contributed by atoms with Crippen LogP contribution in [0.5, 0.6) is 0 Å². The number of carbonyl (C=O) groups excluding carboxylic acids is 1. The number of carbonyl (C=O) groups is 1. The normalized spacial score (nSPS) is 28.4. The monoisotopic (exact) mass is 260 g/mol. The molecule has 2 heterocycles. The van der Waals surface area contributed by atoms with Gasteiger partial charge in [0.1, 0.15) is 5.60 Å². The molecule has 1 fully saturated rings. The lowest BCUT2D eigenvalue weighted by Crippen LogP contribution is -2.41. The summed E-state index contributed by atoms with van der Waals surface area (Å²) in [5.41, 5.74) is 1.76. The van der Waals surface area contributed by atoms with E-state index in [4.69, 9.17) is 4.74 Å². The highest BCUT2D eigenvalue weighted by Gasteiger charge is 2.52. The van der Waals surface area contributed by atoms with Crippen LogP contribution in [0.4, 0.5) is 10.5 Å². The number of amides is 1. The topological polar surface area (TPSA) is 32.5 Å². The zero-order chi connectivity index (χ0) is 13.8. The smallest absolute Gasteiger partial charge is 0.414 e. The minimum atomic E-state index is -0.460. The van der Waals surface area contributed by atoms with E-state index in [2.05, 4.69) is 18.0 Å². The number of benzene rings is 1. The van der Waals surface area contributed by atoms with Crippen molar-refractivity contribution in [2.24, 2.45) is 0 Å². The first-order valence-electron chi connectivity index (χ1n) is 6.70. The van der Waals surface area contributed by atoms with Gasteiger partial charge in [0, 0.05) is 12.6 Å². The minimum Gasteiger partial charge on any atom is -0.443 e. The maximum absolute atomic E-state index is 12.3. The Morgan fingerprint density at radius 1 is 1.32 bits per heavy atom. The Morgan fingerprint density at radius 3 is 2.68 bits per heavy atom. The fraction of sp³-hybridized carbons (Fsp3) is 0.533. The molecule has 19 heavy (non-hydrogen) atoms. The molecular weight excluding hydrogens is 240 g/mol. The van der Waals surface area contributed by atoms with Gasteiger partial charge >= 0.3 is 6.09 Å². The van der Waals surface area contributed by atoms with E-state index in [0.29, 0.717) is 18.6 Å². The van der Waals surface area contributed by atoms with Crippen LogP contribution in [-0.4, -0.2) is 36.2 Å². The number of likely N-dealkylation sites (N-methyl/N-ethyl adjacent to an activating group) is 1. The third-order valence-corrected chi connectivity index (χ3v) is 3.77. The third kappa shape index (κ3) is 2.10. The minimum absolute atomic E-state index is 0.251. The standard InChI is InChI=1S/C15H20N2O2/c1-15(2,3)19-14(18)17-9-12-13(16(12)4)10-7-5-6-8-11(10)17/h5-8,12-13H,9H2,1-4H3/t12-,13+,16?/m0/s1. The quantitative estimate of drug-likeness (QED) is 0.672. The number of ether oxygens (including phenoxy) is 1. The van der Waals surface area contributed by atoms with Gasteiger partial charge in [-0.2, -0.15) is 0 Å². The predicted molar refractivity (Wildman–Crippen MR) is 74.3 cm³/mol. The molecule has 0 radical (unpaired) electrons. The molecule has 2 aliphatic heterocycles. The van der Waals surface area contributed by atoms with Gasteiger partial charge in [0.15, 0.2) is 0 Å². The summed E-state index contributed by atoms with van der Waals surface area (Å²) >= 11 is 0. The molecular formula is C15H20N2O2. The largest absolute Gasteiger partial charge is 0.443 e. The van der Waals surface area contributed by atoms with Gasteiger partial charge in [-0.25, -0.2) is 4.79 Å². The summed E-state index contributed by atoms with van der Waals surface area (Å²) in [6.45, 7) is 6.40. The molecule has 0 aliphatic carbocycles. The van der Waals surface area contributed by atoms with Crippen LogP contribution in [0.1, 0.15) is 32.4 Å². The highest BCUT2D eigenvalue weighted by molar-refractivity contribution is 5.90. The molecule has 0 spiro atoms. The van der Waals surface area contributed by atoms with Gasteiger partial charge in [0.25, 0.3) is 0 Å². The van der Waals surface area contributed by atoms with Crippen LogP contribution < -0.4 is 4.90 Å². The molecule has 0 aromatic heterocycles. The van der Waals surface area contributed by atoms with Crippen LogP contribution in [0.25, 0.3) is 0 Å². The van der Waals surface area contributed by atoms with Crippen molar-refractivity contribution in [3.05, 3.63) is 29.8 Å². The van der Waals surface area contributed by atoms with Crippen molar-refractivity contribution in [2.75, 3.05) is 18.5 Å². The zero-order valence-electron chi connectivity index (χ0n) is 11.9. The van der Waals surface area contributed by atoms with Gasteiger partial charge in [-0.05, 0) is 39.4 Å². The molecule has 0 N–H and O–H groups in total. The molecule has 102 valence electrons. The van der Waals surface area contributed by atoms with Gasteiger partial charge in [-0.15, -0.1) is 0 Å². The summed E-state index contributed by atoms with van der Waals surface area (Å²) in [6, 6.07) is 9.01. The predicted octanol–water partition coefficient (Wildman–Crippen LogP) is 2.80. The van der Waals surface area contributed by atoms with Gasteiger partial charge in [0.05, 0.1) is 11.7 Å². The summed E-state index contributed by atoms with van der Waals surface area (Å²) < 4.78 is 5.50. The molecule has 3 atom stereocenters. The van der Waals surface area contributed by atoms with Crippen LogP contribution in [0.15, 0.2) is 24.3 Å². The van der Waals surface area contributed by atoms with Crippen LogP contribution >= 0.6 is 0 Å². The summed E-state index contributed by atoms with van der Waals surface area (Å²) in [7, 11) is 2.10. The number of anilines is 1. The number of hydrogen-bond donors (Lipinski definition) is 0. The Hall–Kier alpha value is -1.55. The first-order chi connectivity index (χ1) is 8.88. The van der Waals surface area contributed by atoms with E-state index in [1.807, 2.05) is 39.0 Å². The van der Waals surface area contributed by atoms with Gasteiger partial charge in [-0.3, -0.25) is 9.80 Å². The van der Waals surface area contributed by atoms with E-state index in [9.17, 15) is 4.79 Å². The van der Waals surface area contributed by atoms with Gasteiger partial charge in [-0.1, -0.05) is 18.2 Å². The molecule has 0 bridgehead atoms. The lowest BCUT2D eigenvalue weighted by Gasteiger charge is -2.30. The van der Waals surface area contributed by atoms with E-state index < -0.39 is 5.60 Å². The molecule has 4 heteroatoms. The van der Waals surface area contributed by atoms with Crippen LogP contribution in [0, 0.1) is 0 Å². The summed E-state index contributed by atoms with van der Waals surface area (Å²) in [5, 5.41) is 0. The fourth-order valence-electron chi connectivity index (χ4n) is 2.82. The van der Waals surface area contributed by atoms with Crippen LogP contribution in [0.2, 0.25) is 0 Å². The maximum atomic E-state index is 12.3. The molecule has 1 aromatic carbocycles. The van der Waals surface area contributed by atoms with Crippen molar-refractivity contribution in [2.45, 2.75) is 38.5 Å². The molecule has 3 rings (SSSR count). The van der Waals surface area contributed by atoms with E-state index in [1.165, 1.54) is 5.56 Å². The first-order valence-corrected chi connectivity index (χ1v) is 6.70. The van der Waals surface area contributed by atoms with Gasteiger partial charge in [0.2, 0.25) is 0 Å². The molecule has 4 nitrogen and oxygen atoms in total. The zero-order valence-corrected chi connectivity index (χ0v) is 11.9. The second kappa shape index (κ2) is 3.97. The number of nitrogens with zero attached hydrogens (tertiary/aromatic N) is 2. The number of fused-ring (bicyclic) bond motifs is 3. The van der Waals surface area contributed by atoms with E-state index in [-0.39, 0.29) is 6.09 Å². The number of rotatable bonds is 0. The molecule has 0 saturated carbocycles. The molecule has 1 saturated heterocycles. The van der Waals surface area contributed by atoms with E-state index in [0.717, 1.165) is 5.69 Å². The van der Waals surface area contributed by atoms with Gasteiger partial charge < -0.3 is 4.74 Å². The lowest BCUT2D eigenvalue weighted by molar-refractivity contribution is 0.0578. The Kier molecular flexibility index (Phi) is 2.61. The SMILES string of the molecule is CN1[C@@H]2c3ccccc3N(C(=O)OC(C)(C)C)C[C@@H]21. The molecule has 2 aliphatic rings. The van der Waals surface area contributed by atoms with Crippen LogP contribution in [-0.2, 0) is 4.74 Å². The van der Waals surface area contributed by atoms with Crippen molar-refractivity contribution in [3.63, 3.8) is 0 Å². The maximum Gasteiger partial charge on any atom is 0.414 e. The first kappa shape index (κ1) is 12.5. The summed E-state index contributed by atoms with van der Waals surface area (Å²) in [6.07, 6.45) is -0.251. The number of hydrogen-bond acceptors (Lipinski definition) is 3. The Morgan fingerprint density at radius 2 is 2.00 bits per heavy atom. The second-order valence-corrected chi connectivity index (χ2v) is 6.33. The lowest BCUT2D eigenvalue weighted by atomic mass is 10.0. The van der Waals surface area contributed by atoms with E-state index >= 15 is 0 Å². The summed E-state index contributed by atoms with van der Waals surface area (Å²) in [5.74, 6) is 0. The van der Waals surface area contributed by atoms with Crippen molar-refractivity contribution < 1.29 is 9.53 Å². The van der Waals surface area contributed by atoms with E-state index in [1.54, 1.807) is 4.90 Å². The van der Waals surface area contributed by atoms with Crippen molar-refractivity contribution >= 4 is 11.8 Å². The Bertz CT molecular complexity index is 521. The number of para-hydroxylation sites is 1. The second-order valence-electron chi connectivity index (χ2n) is 6.33. The average molecular weight is 260 g/mol. The molecule has 1 amide bonds. The third-order valence-electron chi connectivity index (χ3n) is 3.77. The van der Waals surface area contributed by atoms with Crippen molar-refractivity contribution in [1.29, 1.82) is 0 Å². The van der Waals surface area contributed by atoms with Crippen LogP contribution in [0.3, 0.4) is 0 Å². The molecule has 1 unspecified atom stereocenters. The van der Waals surface area contributed by atoms with Crippen molar-refractivity contribution in [1.82, 2.24) is 4.90 Å². The average Bonchev–Trinajstić information content (AvgIpc) is 2.97. The van der Waals surface area contributed by atoms with Crippen molar-refractivity contribution in [3.8, 4) is 0 Å². The highest BCUT2D eigenvalue weighted by Crippen LogP contribution is 2.49.